The summed E-state index contributed by atoms with van der Waals surface area (Å²) in [5, 5.41) is 0. The van der Waals surface area contributed by atoms with Crippen LogP contribution in [0.15, 0.2) is 0 Å². The highest BCUT2D eigenvalue weighted by atomic mass is 19.1. The first-order valence-corrected chi connectivity index (χ1v) is 5.40. The number of halogens is 1. The van der Waals surface area contributed by atoms with Gasteiger partial charge < -0.3 is 4.90 Å². The van der Waals surface area contributed by atoms with E-state index in [9.17, 15) is 4.39 Å². The zero-order valence-corrected chi connectivity index (χ0v) is 9.73. The lowest BCUT2D eigenvalue weighted by Crippen LogP contribution is -2.39. The van der Waals surface area contributed by atoms with Crippen molar-refractivity contribution in [1.29, 1.82) is 0 Å². The van der Waals surface area contributed by atoms with Crippen LogP contribution in [-0.2, 0) is 0 Å². The molecule has 2 unspecified atom stereocenters. The molecule has 1 aliphatic heterocycles. The van der Waals surface area contributed by atoms with Crippen LogP contribution >= 0.6 is 0 Å². The van der Waals surface area contributed by atoms with Crippen LogP contribution in [0.1, 0.15) is 47.0 Å². The second kappa shape index (κ2) is 5.58. The second-order valence-electron chi connectivity index (χ2n) is 4.01. The van der Waals surface area contributed by atoms with Crippen LogP contribution in [0.25, 0.3) is 0 Å². The molecule has 0 N–H and O–H groups in total. The number of rotatable bonds is 2. The van der Waals surface area contributed by atoms with Gasteiger partial charge >= 0.3 is 0 Å². The number of nitrogens with zero attached hydrogens (tertiary/aromatic N) is 1. The minimum Gasteiger partial charge on any atom is -0.301 e. The molecule has 0 saturated carbocycles. The summed E-state index contributed by atoms with van der Waals surface area (Å²) in [5.74, 6) is 0. The van der Waals surface area contributed by atoms with Crippen molar-refractivity contribution in [2.75, 3.05) is 13.6 Å². The Labute approximate surface area is 82.3 Å². The van der Waals surface area contributed by atoms with Crippen LogP contribution in [0.4, 0.5) is 4.39 Å². The molecule has 0 aromatic heterocycles. The molecule has 0 aromatic carbocycles. The Kier molecular flexibility index (Phi) is 5.54. The Morgan fingerprint density at radius 3 is 2.31 bits per heavy atom. The third-order valence-corrected chi connectivity index (χ3v) is 2.85. The van der Waals surface area contributed by atoms with Gasteiger partial charge in [0.2, 0.25) is 0 Å². The first-order chi connectivity index (χ1) is 6.04. The third kappa shape index (κ3) is 3.63. The Balaban J connectivity index is 0.000000671. The first-order valence-electron chi connectivity index (χ1n) is 5.40. The lowest BCUT2D eigenvalue weighted by Gasteiger charge is -2.32. The molecule has 0 aliphatic carbocycles. The highest BCUT2D eigenvalue weighted by molar-refractivity contribution is 4.91. The lowest BCUT2D eigenvalue weighted by molar-refractivity contribution is 0.141. The fraction of sp³-hybridized carbons (Fsp3) is 1.00. The molecule has 1 heterocycles. The molecule has 0 spiro atoms. The zero-order chi connectivity index (χ0) is 10.5. The lowest BCUT2D eigenvalue weighted by atomic mass is 9.93. The van der Waals surface area contributed by atoms with Crippen LogP contribution in [0.5, 0.6) is 0 Å². The van der Waals surface area contributed by atoms with E-state index < -0.39 is 6.17 Å². The topological polar surface area (TPSA) is 3.24 Å². The summed E-state index contributed by atoms with van der Waals surface area (Å²) in [6.07, 6.45) is 2.39. The second-order valence-corrected chi connectivity index (χ2v) is 4.01. The molecule has 0 amide bonds. The molecule has 1 aliphatic rings. The van der Waals surface area contributed by atoms with E-state index in [1.165, 1.54) is 6.42 Å². The fourth-order valence-electron chi connectivity index (χ4n) is 2.02. The van der Waals surface area contributed by atoms with E-state index in [0.717, 1.165) is 13.0 Å². The monoisotopic (exact) mass is 189 g/mol. The molecule has 1 saturated heterocycles. The maximum Gasteiger partial charge on any atom is 0.0991 e. The quantitative estimate of drug-likeness (QED) is 0.644. The minimum atomic E-state index is -0.666. The van der Waals surface area contributed by atoms with E-state index in [1.807, 2.05) is 13.8 Å². The highest BCUT2D eigenvalue weighted by Gasteiger charge is 2.34. The molecule has 2 atom stereocenters. The molecule has 80 valence electrons. The summed E-state index contributed by atoms with van der Waals surface area (Å²) < 4.78 is 12.7. The van der Waals surface area contributed by atoms with Gasteiger partial charge in [0, 0.05) is 5.54 Å². The molecule has 1 nitrogen and oxygen atoms in total. The van der Waals surface area contributed by atoms with Crippen LogP contribution in [0, 0.1) is 0 Å². The van der Waals surface area contributed by atoms with Gasteiger partial charge in [-0.25, -0.2) is 4.39 Å². The van der Waals surface area contributed by atoms with Gasteiger partial charge in [-0.05, 0) is 46.7 Å². The fourth-order valence-corrected chi connectivity index (χ4v) is 2.02. The largest absolute Gasteiger partial charge is 0.301 e. The van der Waals surface area contributed by atoms with E-state index in [1.54, 1.807) is 6.92 Å². The van der Waals surface area contributed by atoms with Crippen molar-refractivity contribution < 1.29 is 4.39 Å². The maximum absolute atomic E-state index is 12.7. The average molecular weight is 189 g/mol. The van der Waals surface area contributed by atoms with Gasteiger partial charge in [-0.15, -0.1) is 0 Å². The zero-order valence-electron chi connectivity index (χ0n) is 9.73. The molecule has 1 fully saturated rings. The molecular formula is C11H24FN. The van der Waals surface area contributed by atoms with Gasteiger partial charge in [-0.3, -0.25) is 0 Å². The molecule has 1 rings (SSSR count). The van der Waals surface area contributed by atoms with E-state index in [-0.39, 0.29) is 5.54 Å². The van der Waals surface area contributed by atoms with Crippen LogP contribution in [0.3, 0.4) is 0 Å². The van der Waals surface area contributed by atoms with Crippen LogP contribution < -0.4 is 0 Å². The Bertz CT molecular complexity index is 136. The number of alkyl halides is 1. The summed E-state index contributed by atoms with van der Waals surface area (Å²) in [6, 6.07) is 0. The van der Waals surface area contributed by atoms with Crippen molar-refractivity contribution in [1.82, 2.24) is 4.90 Å². The van der Waals surface area contributed by atoms with E-state index in [0.29, 0.717) is 6.42 Å². The van der Waals surface area contributed by atoms with Gasteiger partial charge in [0.15, 0.2) is 0 Å². The van der Waals surface area contributed by atoms with Crippen molar-refractivity contribution >= 4 is 0 Å². The van der Waals surface area contributed by atoms with Crippen molar-refractivity contribution in [3.05, 3.63) is 0 Å². The Morgan fingerprint density at radius 1 is 1.46 bits per heavy atom. The average Bonchev–Trinajstić information content (AvgIpc) is 2.35. The summed E-state index contributed by atoms with van der Waals surface area (Å²) in [6.45, 7) is 8.94. The SMILES string of the molecule is CC.CC(F)CC1(C)CCCN1C. The van der Waals surface area contributed by atoms with Crippen molar-refractivity contribution in [3.8, 4) is 0 Å². The number of likely N-dealkylation sites (tertiary alicyclic amines) is 1. The number of hydrogen-bond donors (Lipinski definition) is 0. The summed E-state index contributed by atoms with van der Waals surface area (Å²) >= 11 is 0. The first kappa shape index (κ1) is 12.9. The van der Waals surface area contributed by atoms with Crippen molar-refractivity contribution in [2.45, 2.75) is 58.7 Å². The maximum atomic E-state index is 12.7. The Morgan fingerprint density at radius 2 is 2.00 bits per heavy atom. The molecule has 13 heavy (non-hydrogen) atoms. The van der Waals surface area contributed by atoms with Gasteiger partial charge in [0.25, 0.3) is 0 Å². The Hall–Kier alpha value is -0.110. The molecule has 0 radical (unpaired) electrons. The van der Waals surface area contributed by atoms with E-state index in [2.05, 4.69) is 18.9 Å². The molecule has 2 heteroatoms. The van der Waals surface area contributed by atoms with Gasteiger partial charge in [-0.2, -0.15) is 0 Å². The summed E-state index contributed by atoms with van der Waals surface area (Å²) in [7, 11) is 2.09. The number of hydrogen-bond acceptors (Lipinski definition) is 1. The normalized spacial score (nSPS) is 30.9. The van der Waals surface area contributed by atoms with Gasteiger partial charge in [0.05, 0.1) is 6.17 Å². The van der Waals surface area contributed by atoms with Crippen molar-refractivity contribution in [3.63, 3.8) is 0 Å². The predicted octanol–water partition coefficient (Wildman–Crippen LogP) is 3.25. The molecule has 0 aromatic rings. The smallest absolute Gasteiger partial charge is 0.0991 e. The van der Waals surface area contributed by atoms with Crippen molar-refractivity contribution in [2.24, 2.45) is 0 Å². The summed E-state index contributed by atoms with van der Waals surface area (Å²) in [4.78, 5) is 2.28. The van der Waals surface area contributed by atoms with Gasteiger partial charge in [-0.1, -0.05) is 13.8 Å². The van der Waals surface area contributed by atoms with Crippen LogP contribution in [0.2, 0.25) is 0 Å². The van der Waals surface area contributed by atoms with E-state index >= 15 is 0 Å². The minimum absolute atomic E-state index is 0.133. The molecular weight excluding hydrogens is 165 g/mol. The predicted molar refractivity (Wildman–Crippen MR) is 56.8 cm³/mol. The van der Waals surface area contributed by atoms with E-state index in [4.69, 9.17) is 0 Å². The highest BCUT2D eigenvalue weighted by Crippen LogP contribution is 2.31. The van der Waals surface area contributed by atoms with Gasteiger partial charge in [0.1, 0.15) is 0 Å². The third-order valence-electron chi connectivity index (χ3n) is 2.85. The summed E-state index contributed by atoms with van der Waals surface area (Å²) in [5.41, 5.74) is 0.133. The molecule has 0 bridgehead atoms. The van der Waals surface area contributed by atoms with Crippen LogP contribution in [-0.4, -0.2) is 30.2 Å². The standard InChI is InChI=1S/C9H18FN.C2H6/c1-8(10)7-9(2)5-4-6-11(9)3;1-2/h8H,4-7H2,1-3H3;1-2H3.